The minimum Gasteiger partial charge on any atom is -0.427 e. The van der Waals surface area contributed by atoms with Crippen LogP contribution in [0.15, 0.2) is 36.4 Å². The topological polar surface area (TPSA) is 105 Å². The molecule has 0 aliphatic carbocycles. The van der Waals surface area contributed by atoms with Crippen molar-refractivity contribution in [2.75, 3.05) is 0 Å². The average molecular weight is 414 g/mol. The Bertz CT molecular complexity index is 923. The van der Waals surface area contributed by atoms with E-state index in [1.54, 1.807) is 24.3 Å². The fraction of sp³-hybridized carbons (Fsp3) is 0.273. The second-order valence-electron chi connectivity index (χ2n) is 6.44. The standard InChI is InChI=1S/C22H22O8/c1-13(23)27-19-9-7-17(8-10-19)5-6-18-11-20(28-14(2)24)22(30-16(4)26)21(12-18)29-15(3)25/h7-12H,5-6H2,1-4H3. The maximum Gasteiger partial charge on any atom is 0.308 e. The minimum atomic E-state index is -0.655. The SMILES string of the molecule is CC(=O)Oc1ccc(CCc2cc(OC(C)=O)c(OC(C)=O)c(OC(C)=O)c2)cc1. The van der Waals surface area contributed by atoms with Gasteiger partial charge in [-0.3, -0.25) is 19.2 Å². The molecule has 0 heterocycles. The summed E-state index contributed by atoms with van der Waals surface area (Å²) in [6.45, 7) is 4.93. The van der Waals surface area contributed by atoms with Crippen molar-refractivity contribution in [1.82, 2.24) is 0 Å². The van der Waals surface area contributed by atoms with Gasteiger partial charge in [-0.25, -0.2) is 0 Å². The highest BCUT2D eigenvalue weighted by Gasteiger charge is 2.20. The number of esters is 4. The summed E-state index contributed by atoms with van der Waals surface area (Å²) < 4.78 is 20.4. The Kier molecular flexibility index (Phi) is 7.69. The molecule has 0 atom stereocenters. The number of ether oxygens (including phenoxy) is 4. The van der Waals surface area contributed by atoms with Gasteiger partial charge >= 0.3 is 23.9 Å². The molecule has 0 bridgehead atoms. The number of carbonyl (C=O) groups excluding carboxylic acids is 4. The van der Waals surface area contributed by atoms with Crippen LogP contribution < -0.4 is 18.9 Å². The van der Waals surface area contributed by atoms with E-state index in [0.29, 0.717) is 24.2 Å². The lowest BCUT2D eigenvalue weighted by atomic mass is 10.0. The van der Waals surface area contributed by atoms with Crippen LogP contribution in [-0.4, -0.2) is 23.9 Å². The van der Waals surface area contributed by atoms with Gasteiger partial charge < -0.3 is 18.9 Å². The van der Waals surface area contributed by atoms with Gasteiger partial charge in [-0.1, -0.05) is 12.1 Å². The number of rotatable bonds is 7. The normalized spacial score (nSPS) is 10.1. The first-order valence-electron chi connectivity index (χ1n) is 9.13. The zero-order chi connectivity index (χ0) is 22.3. The summed E-state index contributed by atoms with van der Waals surface area (Å²) in [5.74, 6) is -2.00. The lowest BCUT2D eigenvalue weighted by Gasteiger charge is -2.15. The number of benzene rings is 2. The smallest absolute Gasteiger partial charge is 0.308 e. The van der Waals surface area contributed by atoms with Gasteiger partial charge in [-0.05, 0) is 48.2 Å². The lowest BCUT2D eigenvalue weighted by molar-refractivity contribution is -0.135. The van der Waals surface area contributed by atoms with E-state index in [1.807, 2.05) is 12.1 Å². The van der Waals surface area contributed by atoms with Gasteiger partial charge in [0.25, 0.3) is 0 Å². The Hall–Kier alpha value is -3.68. The Morgan fingerprint density at radius 1 is 0.600 bits per heavy atom. The Morgan fingerprint density at radius 3 is 1.47 bits per heavy atom. The summed E-state index contributed by atoms with van der Waals surface area (Å²) in [6, 6.07) is 10.1. The first-order chi connectivity index (χ1) is 14.1. The van der Waals surface area contributed by atoms with Gasteiger partial charge in [0.2, 0.25) is 5.75 Å². The van der Waals surface area contributed by atoms with Crippen LogP contribution in [-0.2, 0) is 32.0 Å². The molecule has 0 unspecified atom stereocenters. The third kappa shape index (κ3) is 7.05. The zero-order valence-electron chi connectivity index (χ0n) is 17.1. The maximum absolute atomic E-state index is 11.5. The molecule has 0 saturated heterocycles. The van der Waals surface area contributed by atoms with Crippen molar-refractivity contribution in [2.45, 2.75) is 40.5 Å². The molecule has 0 N–H and O–H groups in total. The van der Waals surface area contributed by atoms with E-state index < -0.39 is 23.9 Å². The zero-order valence-corrected chi connectivity index (χ0v) is 17.1. The van der Waals surface area contributed by atoms with E-state index in [1.165, 1.54) is 27.7 Å². The molecule has 0 radical (unpaired) electrons. The monoisotopic (exact) mass is 414 g/mol. The number of aryl methyl sites for hydroxylation is 2. The molecule has 0 aliphatic heterocycles. The molecule has 158 valence electrons. The van der Waals surface area contributed by atoms with Crippen molar-refractivity contribution in [3.8, 4) is 23.0 Å². The summed E-state index contributed by atoms with van der Waals surface area (Å²) in [6.07, 6.45) is 1.11. The van der Waals surface area contributed by atoms with Crippen LogP contribution >= 0.6 is 0 Å². The van der Waals surface area contributed by atoms with Crippen LogP contribution in [0.4, 0.5) is 0 Å². The highest BCUT2D eigenvalue weighted by atomic mass is 16.6. The third-order valence-electron chi connectivity index (χ3n) is 3.72. The number of hydrogen-bond donors (Lipinski definition) is 0. The van der Waals surface area contributed by atoms with Crippen molar-refractivity contribution >= 4 is 23.9 Å². The lowest BCUT2D eigenvalue weighted by Crippen LogP contribution is -2.11. The summed E-state index contributed by atoms with van der Waals surface area (Å²) >= 11 is 0. The second-order valence-corrected chi connectivity index (χ2v) is 6.44. The number of carbonyl (C=O) groups is 4. The molecular formula is C22H22O8. The third-order valence-corrected chi connectivity index (χ3v) is 3.72. The van der Waals surface area contributed by atoms with Gasteiger partial charge in [-0.2, -0.15) is 0 Å². The molecule has 0 fully saturated rings. The van der Waals surface area contributed by atoms with Crippen molar-refractivity contribution in [3.63, 3.8) is 0 Å². The molecule has 2 aromatic rings. The van der Waals surface area contributed by atoms with E-state index >= 15 is 0 Å². The minimum absolute atomic E-state index is 0.0170. The van der Waals surface area contributed by atoms with Crippen LogP contribution in [0, 0.1) is 0 Å². The van der Waals surface area contributed by atoms with E-state index in [0.717, 1.165) is 5.56 Å². The van der Waals surface area contributed by atoms with Gasteiger partial charge in [0.15, 0.2) is 11.5 Å². The van der Waals surface area contributed by atoms with E-state index in [2.05, 4.69) is 0 Å². The first kappa shape index (κ1) is 22.6. The predicted molar refractivity (Wildman–Crippen MR) is 106 cm³/mol. The predicted octanol–water partition coefficient (Wildman–Crippen LogP) is 3.17. The fourth-order valence-corrected chi connectivity index (χ4v) is 2.66. The van der Waals surface area contributed by atoms with Crippen LogP contribution in [0.2, 0.25) is 0 Å². The van der Waals surface area contributed by atoms with Gasteiger partial charge in [0, 0.05) is 27.7 Å². The van der Waals surface area contributed by atoms with Crippen LogP contribution in [0.1, 0.15) is 38.8 Å². The fourth-order valence-electron chi connectivity index (χ4n) is 2.66. The maximum atomic E-state index is 11.5. The van der Waals surface area contributed by atoms with Gasteiger partial charge in [0.1, 0.15) is 5.75 Å². The first-order valence-corrected chi connectivity index (χ1v) is 9.13. The molecule has 2 aromatic carbocycles. The number of hydrogen-bond acceptors (Lipinski definition) is 8. The Balaban J connectivity index is 2.29. The van der Waals surface area contributed by atoms with Crippen LogP contribution in [0.25, 0.3) is 0 Å². The molecule has 0 saturated carbocycles. The van der Waals surface area contributed by atoms with Gasteiger partial charge in [-0.15, -0.1) is 0 Å². The highest BCUT2D eigenvalue weighted by Crippen LogP contribution is 2.39. The Labute approximate surface area is 173 Å². The molecule has 0 aromatic heterocycles. The summed E-state index contributed by atoms with van der Waals surface area (Å²) in [5.41, 5.74) is 1.67. The Morgan fingerprint density at radius 2 is 1.03 bits per heavy atom. The highest BCUT2D eigenvalue weighted by molar-refractivity contribution is 5.78. The van der Waals surface area contributed by atoms with Crippen molar-refractivity contribution in [2.24, 2.45) is 0 Å². The molecular weight excluding hydrogens is 392 g/mol. The average Bonchev–Trinajstić information content (AvgIpc) is 2.62. The van der Waals surface area contributed by atoms with Crippen molar-refractivity contribution < 1.29 is 38.1 Å². The molecule has 8 heteroatoms. The molecule has 2 rings (SSSR count). The van der Waals surface area contributed by atoms with Crippen LogP contribution in [0.5, 0.6) is 23.0 Å². The molecule has 0 amide bonds. The van der Waals surface area contributed by atoms with Crippen LogP contribution in [0.3, 0.4) is 0 Å². The van der Waals surface area contributed by atoms with Gasteiger partial charge in [0.05, 0.1) is 0 Å². The summed E-state index contributed by atoms with van der Waals surface area (Å²) in [4.78, 5) is 45.4. The molecule has 30 heavy (non-hydrogen) atoms. The summed E-state index contributed by atoms with van der Waals surface area (Å²) in [5, 5.41) is 0. The van der Waals surface area contributed by atoms with E-state index in [9.17, 15) is 19.2 Å². The largest absolute Gasteiger partial charge is 0.427 e. The van der Waals surface area contributed by atoms with Crippen molar-refractivity contribution in [3.05, 3.63) is 47.5 Å². The second kappa shape index (κ2) is 10.2. The van der Waals surface area contributed by atoms with Crippen molar-refractivity contribution in [1.29, 1.82) is 0 Å². The molecule has 0 aliphatic rings. The molecule has 8 nitrogen and oxygen atoms in total. The summed E-state index contributed by atoms with van der Waals surface area (Å²) in [7, 11) is 0. The van der Waals surface area contributed by atoms with E-state index in [-0.39, 0.29) is 17.2 Å². The van der Waals surface area contributed by atoms with E-state index in [4.69, 9.17) is 18.9 Å². The molecule has 0 spiro atoms. The quantitative estimate of drug-likeness (QED) is 0.502.